The number of nitro groups is 1. The van der Waals surface area contributed by atoms with Gasteiger partial charge in [-0.2, -0.15) is 10.2 Å². The van der Waals surface area contributed by atoms with E-state index >= 15 is 0 Å². The SMILES string of the molecule is CCn1cc(CN(C)C(=O)c2c([N+](=O)[O-])cnn2CC)c(C)n1. The Morgan fingerprint density at radius 2 is 2.09 bits per heavy atom. The third-order valence-corrected chi connectivity index (χ3v) is 3.65. The van der Waals surface area contributed by atoms with Crippen LogP contribution in [0.2, 0.25) is 0 Å². The molecule has 9 heteroatoms. The molecule has 0 unspecified atom stereocenters. The van der Waals surface area contributed by atoms with E-state index in [9.17, 15) is 14.9 Å². The highest BCUT2D eigenvalue weighted by Gasteiger charge is 2.29. The topological polar surface area (TPSA) is 99.1 Å². The number of aromatic nitrogens is 4. The third kappa shape index (κ3) is 3.22. The number of hydrogen-bond acceptors (Lipinski definition) is 5. The summed E-state index contributed by atoms with van der Waals surface area (Å²) in [6.45, 7) is 7.09. The monoisotopic (exact) mass is 320 g/mol. The van der Waals surface area contributed by atoms with Gasteiger partial charge in [-0.15, -0.1) is 0 Å². The summed E-state index contributed by atoms with van der Waals surface area (Å²) in [6.07, 6.45) is 3.00. The minimum atomic E-state index is -0.583. The van der Waals surface area contributed by atoms with Gasteiger partial charge in [-0.05, 0) is 20.8 Å². The van der Waals surface area contributed by atoms with Gasteiger partial charge in [0, 0.05) is 38.4 Å². The third-order valence-electron chi connectivity index (χ3n) is 3.65. The van der Waals surface area contributed by atoms with E-state index in [1.807, 2.05) is 20.0 Å². The molecule has 0 aliphatic heterocycles. The summed E-state index contributed by atoms with van der Waals surface area (Å²) in [4.78, 5) is 24.6. The van der Waals surface area contributed by atoms with Crippen LogP contribution in [0.1, 0.15) is 35.6 Å². The van der Waals surface area contributed by atoms with E-state index in [2.05, 4.69) is 10.2 Å². The summed E-state index contributed by atoms with van der Waals surface area (Å²) in [5.74, 6) is -0.431. The van der Waals surface area contributed by atoms with Gasteiger partial charge in [0.25, 0.3) is 5.91 Å². The van der Waals surface area contributed by atoms with Gasteiger partial charge in [0.15, 0.2) is 0 Å². The second-order valence-electron chi connectivity index (χ2n) is 5.21. The molecule has 0 spiro atoms. The molecule has 0 radical (unpaired) electrons. The maximum absolute atomic E-state index is 12.6. The Morgan fingerprint density at radius 3 is 2.61 bits per heavy atom. The highest BCUT2D eigenvalue weighted by atomic mass is 16.6. The number of rotatable bonds is 6. The molecular formula is C14H20N6O3. The summed E-state index contributed by atoms with van der Waals surface area (Å²) in [5, 5.41) is 19.3. The van der Waals surface area contributed by atoms with Gasteiger partial charge < -0.3 is 4.90 Å². The van der Waals surface area contributed by atoms with Crippen molar-refractivity contribution >= 4 is 11.6 Å². The quantitative estimate of drug-likeness (QED) is 0.594. The van der Waals surface area contributed by atoms with Crippen molar-refractivity contribution in [3.63, 3.8) is 0 Å². The van der Waals surface area contributed by atoms with Crippen LogP contribution in [0.25, 0.3) is 0 Å². The predicted octanol–water partition coefficient (Wildman–Crippen LogP) is 1.61. The Morgan fingerprint density at radius 1 is 1.39 bits per heavy atom. The molecule has 0 N–H and O–H groups in total. The van der Waals surface area contributed by atoms with Gasteiger partial charge in [0.05, 0.1) is 10.6 Å². The zero-order chi connectivity index (χ0) is 17.1. The molecule has 0 saturated heterocycles. The van der Waals surface area contributed by atoms with Crippen molar-refractivity contribution in [3.05, 3.63) is 39.5 Å². The van der Waals surface area contributed by atoms with Crippen LogP contribution < -0.4 is 0 Å². The minimum absolute atomic E-state index is 0.000497. The lowest BCUT2D eigenvalue weighted by Crippen LogP contribution is -2.29. The van der Waals surface area contributed by atoms with Crippen molar-refractivity contribution in [1.82, 2.24) is 24.5 Å². The van der Waals surface area contributed by atoms with Crippen molar-refractivity contribution in [1.29, 1.82) is 0 Å². The second-order valence-corrected chi connectivity index (χ2v) is 5.21. The molecule has 2 aromatic heterocycles. The summed E-state index contributed by atoms with van der Waals surface area (Å²) in [5.41, 5.74) is 1.48. The standard InChI is InChI=1S/C14H20N6O3/c1-5-18-9-11(10(3)16-18)8-17(4)14(21)13-12(20(22)23)7-15-19(13)6-2/h7,9H,5-6,8H2,1-4H3. The van der Waals surface area contributed by atoms with Crippen molar-refractivity contribution < 1.29 is 9.72 Å². The Hall–Kier alpha value is -2.71. The van der Waals surface area contributed by atoms with Crippen molar-refractivity contribution in [2.45, 2.75) is 40.4 Å². The van der Waals surface area contributed by atoms with Crippen molar-refractivity contribution in [2.75, 3.05) is 7.05 Å². The van der Waals surface area contributed by atoms with Crippen LogP contribution in [0.5, 0.6) is 0 Å². The van der Waals surface area contributed by atoms with Gasteiger partial charge in [-0.1, -0.05) is 0 Å². The molecule has 1 amide bonds. The molecule has 2 heterocycles. The molecule has 9 nitrogen and oxygen atoms in total. The van der Waals surface area contributed by atoms with Gasteiger partial charge >= 0.3 is 5.69 Å². The van der Waals surface area contributed by atoms with E-state index in [-0.39, 0.29) is 11.4 Å². The van der Waals surface area contributed by atoms with E-state index in [4.69, 9.17) is 0 Å². The number of carbonyl (C=O) groups is 1. The maximum atomic E-state index is 12.6. The average molecular weight is 320 g/mol. The molecule has 0 atom stereocenters. The number of nitrogens with zero attached hydrogens (tertiary/aromatic N) is 6. The lowest BCUT2D eigenvalue weighted by molar-refractivity contribution is -0.385. The largest absolute Gasteiger partial charge is 0.336 e. The predicted molar refractivity (Wildman–Crippen MR) is 83.0 cm³/mol. The summed E-state index contributed by atoms with van der Waals surface area (Å²) >= 11 is 0. The van der Waals surface area contributed by atoms with Crippen LogP contribution in [0.3, 0.4) is 0 Å². The summed E-state index contributed by atoms with van der Waals surface area (Å²) in [7, 11) is 1.61. The molecule has 2 rings (SSSR count). The van der Waals surface area contributed by atoms with Crippen LogP contribution in [-0.4, -0.2) is 42.3 Å². The maximum Gasteiger partial charge on any atom is 0.320 e. The number of amides is 1. The smallest absolute Gasteiger partial charge is 0.320 e. The van der Waals surface area contributed by atoms with Crippen LogP contribution in [0.15, 0.2) is 12.4 Å². The van der Waals surface area contributed by atoms with E-state index in [1.54, 1.807) is 18.7 Å². The van der Waals surface area contributed by atoms with Gasteiger partial charge in [0.1, 0.15) is 6.20 Å². The molecule has 2 aromatic rings. The Balaban J connectivity index is 2.27. The molecule has 0 saturated carbocycles. The van der Waals surface area contributed by atoms with Crippen LogP contribution in [-0.2, 0) is 19.6 Å². The van der Waals surface area contributed by atoms with Gasteiger partial charge in [-0.3, -0.25) is 24.3 Å². The lowest BCUT2D eigenvalue weighted by Gasteiger charge is -2.16. The normalized spacial score (nSPS) is 10.8. The molecule has 0 bridgehead atoms. The number of carbonyl (C=O) groups excluding carboxylic acids is 1. The highest BCUT2D eigenvalue weighted by Crippen LogP contribution is 2.20. The molecule has 23 heavy (non-hydrogen) atoms. The fourth-order valence-corrected chi connectivity index (χ4v) is 2.35. The Labute approximate surface area is 133 Å². The zero-order valence-corrected chi connectivity index (χ0v) is 13.7. The van der Waals surface area contributed by atoms with Crippen molar-refractivity contribution in [2.24, 2.45) is 0 Å². The molecule has 0 aliphatic carbocycles. The fourth-order valence-electron chi connectivity index (χ4n) is 2.35. The fraction of sp³-hybridized carbons (Fsp3) is 0.500. The first kappa shape index (κ1) is 16.7. The number of hydrogen-bond donors (Lipinski definition) is 0. The van der Waals surface area contributed by atoms with Crippen molar-refractivity contribution in [3.8, 4) is 0 Å². The van der Waals surface area contributed by atoms with Gasteiger partial charge in [0.2, 0.25) is 5.69 Å². The lowest BCUT2D eigenvalue weighted by atomic mass is 10.2. The first-order chi connectivity index (χ1) is 10.9. The molecule has 0 aliphatic rings. The molecule has 124 valence electrons. The Bertz CT molecular complexity index is 733. The molecular weight excluding hydrogens is 300 g/mol. The van der Waals surface area contributed by atoms with E-state index in [0.717, 1.165) is 24.0 Å². The summed E-state index contributed by atoms with van der Waals surface area (Å²) < 4.78 is 3.14. The van der Waals surface area contributed by atoms with Crippen LogP contribution >= 0.6 is 0 Å². The zero-order valence-electron chi connectivity index (χ0n) is 13.7. The van der Waals surface area contributed by atoms with E-state index < -0.39 is 10.8 Å². The van der Waals surface area contributed by atoms with Crippen LogP contribution in [0, 0.1) is 17.0 Å². The number of aryl methyl sites for hydroxylation is 3. The first-order valence-corrected chi connectivity index (χ1v) is 7.37. The molecule has 0 fully saturated rings. The summed E-state index contributed by atoms with van der Waals surface area (Å²) in [6, 6.07) is 0. The average Bonchev–Trinajstić information content (AvgIpc) is 3.10. The molecule has 0 aromatic carbocycles. The highest BCUT2D eigenvalue weighted by molar-refractivity contribution is 5.96. The second kappa shape index (κ2) is 6.59. The minimum Gasteiger partial charge on any atom is -0.336 e. The van der Waals surface area contributed by atoms with E-state index in [1.165, 1.54) is 9.58 Å². The van der Waals surface area contributed by atoms with Crippen LogP contribution in [0.4, 0.5) is 5.69 Å². The Kier molecular flexibility index (Phi) is 4.77. The van der Waals surface area contributed by atoms with E-state index in [0.29, 0.717) is 13.1 Å². The first-order valence-electron chi connectivity index (χ1n) is 7.37. The van der Waals surface area contributed by atoms with Gasteiger partial charge in [-0.25, -0.2) is 0 Å².